The normalized spacial score (nSPS) is 8.38. The number of carbonyl (C=O) groups is 2. The van der Waals surface area contributed by atoms with Crippen molar-refractivity contribution in [3.8, 4) is 0 Å². The molecule has 98 valence electrons. The predicted molar refractivity (Wildman–Crippen MR) is 60.1 cm³/mol. The third-order valence-electron chi connectivity index (χ3n) is 1.07. The lowest BCUT2D eigenvalue weighted by molar-refractivity contribution is -0.0465. The minimum atomic E-state index is -1.36. The minimum absolute atomic E-state index is 0.522. The first-order valence-electron chi connectivity index (χ1n) is 4.37. The Morgan fingerprint density at radius 2 is 1.38 bits per heavy atom. The highest BCUT2D eigenvalue weighted by Gasteiger charge is 1.93. The molecule has 0 aliphatic heterocycles. The molecule has 4 N–H and O–H groups in total. The van der Waals surface area contributed by atoms with Crippen LogP contribution in [0.5, 0.6) is 0 Å². The molecule has 0 saturated heterocycles. The SMILES string of the molecule is CCCCCC(O)O.O=C(O)Cl.O=C(O)Cl. The quantitative estimate of drug-likeness (QED) is 0.357. The summed E-state index contributed by atoms with van der Waals surface area (Å²) in [4.78, 5) is 17.5. The third kappa shape index (κ3) is 106. The van der Waals surface area contributed by atoms with Crippen LogP contribution in [0.2, 0.25) is 0 Å². The standard InChI is InChI=1S/C6H14O2.2CHClO2/c1-2-3-4-5-6(7)8;2*2-1(3)4/h6-8H,2-5H2,1H3;2*(H,3,4). The summed E-state index contributed by atoms with van der Waals surface area (Å²) in [6, 6.07) is 0. The molecule has 8 heteroatoms. The molecule has 0 unspecified atom stereocenters. The van der Waals surface area contributed by atoms with Crippen molar-refractivity contribution in [3.05, 3.63) is 0 Å². The molecule has 0 spiro atoms. The van der Waals surface area contributed by atoms with Gasteiger partial charge in [0.15, 0.2) is 6.29 Å². The first-order chi connectivity index (χ1) is 7.23. The van der Waals surface area contributed by atoms with E-state index in [1.54, 1.807) is 0 Å². The zero-order valence-corrected chi connectivity index (χ0v) is 10.3. The van der Waals surface area contributed by atoms with Crippen molar-refractivity contribution in [3.63, 3.8) is 0 Å². The highest BCUT2D eigenvalue weighted by Crippen LogP contribution is 1.99. The van der Waals surface area contributed by atoms with Crippen LogP contribution in [0, 0.1) is 0 Å². The number of carboxylic acid groups (broad SMARTS) is 2. The molecule has 0 fully saturated rings. The average Bonchev–Trinajstić information content (AvgIpc) is 2.01. The maximum Gasteiger partial charge on any atom is 0.401 e. The van der Waals surface area contributed by atoms with Crippen molar-refractivity contribution >= 4 is 34.1 Å². The Morgan fingerprint density at radius 3 is 1.56 bits per heavy atom. The summed E-state index contributed by atoms with van der Waals surface area (Å²) in [5.74, 6) is 0. The molecule has 0 aliphatic carbocycles. The van der Waals surface area contributed by atoms with E-state index in [0.717, 1.165) is 19.3 Å². The second-order valence-electron chi connectivity index (χ2n) is 2.48. The van der Waals surface area contributed by atoms with Crippen LogP contribution < -0.4 is 0 Å². The van der Waals surface area contributed by atoms with Gasteiger partial charge in [-0.1, -0.05) is 19.8 Å². The van der Waals surface area contributed by atoms with Crippen molar-refractivity contribution in [1.82, 2.24) is 0 Å². The van der Waals surface area contributed by atoms with Crippen LogP contribution in [-0.4, -0.2) is 37.6 Å². The third-order valence-corrected chi connectivity index (χ3v) is 1.07. The smallest absolute Gasteiger partial charge is 0.401 e. The van der Waals surface area contributed by atoms with E-state index in [9.17, 15) is 0 Å². The van der Waals surface area contributed by atoms with E-state index in [4.69, 9.17) is 30.0 Å². The molecule has 0 radical (unpaired) electrons. The number of hydrogen-bond acceptors (Lipinski definition) is 4. The topological polar surface area (TPSA) is 115 Å². The van der Waals surface area contributed by atoms with E-state index < -0.39 is 17.1 Å². The van der Waals surface area contributed by atoms with Crippen LogP contribution in [0.4, 0.5) is 9.59 Å². The van der Waals surface area contributed by atoms with Gasteiger partial charge in [0.2, 0.25) is 0 Å². The number of halogens is 2. The highest BCUT2D eigenvalue weighted by molar-refractivity contribution is 6.60. The van der Waals surface area contributed by atoms with Crippen LogP contribution in [0.25, 0.3) is 0 Å². The van der Waals surface area contributed by atoms with Gasteiger partial charge >= 0.3 is 10.9 Å². The lowest BCUT2D eigenvalue weighted by Gasteiger charge is -1.99. The van der Waals surface area contributed by atoms with Gasteiger partial charge in [-0.05, 0) is 12.8 Å². The fourth-order valence-electron chi connectivity index (χ4n) is 0.577. The van der Waals surface area contributed by atoms with Gasteiger partial charge in [-0.25, -0.2) is 9.59 Å². The minimum Gasteiger partial charge on any atom is -0.469 e. The summed E-state index contributed by atoms with van der Waals surface area (Å²) in [6.07, 6.45) is 2.58. The summed E-state index contributed by atoms with van der Waals surface area (Å²) in [7, 11) is 0. The average molecular weight is 279 g/mol. The molecule has 0 aromatic carbocycles. The predicted octanol–water partition coefficient (Wildman–Crippen LogP) is 2.68. The summed E-state index contributed by atoms with van der Waals surface area (Å²) >= 11 is 8.38. The van der Waals surface area contributed by atoms with Gasteiger partial charge in [0, 0.05) is 23.2 Å². The fraction of sp³-hybridized carbons (Fsp3) is 0.750. The van der Waals surface area contributed by atoms with Crippen molar-refractivity contribution in [1.29, 1.82) is 0 Å². The Balaban J connectivity index is -0.000000179. The molecule has 0 rings (SSSR count). The highest BCUT2D eigenvalue weighted by atomic mass is 35.5. The van der Waals surface area contributed by atoms with E-state index in [1.165, 1.54) is 0 Å². The van der Waals surface area contributed by atoms with Gasteiger partial charge in [0.25, 0.3) is 0 Å². The second-order valence-corrected chi connectivity index (χ2v) is 3.13. The van der Waals surface area contributed by atoms with Crippen molar-refractivity contribution < 1.29 is 30.0 Å². The largest absolute Gasteiger partial charge is 0.469 e. The lowest BCUT2D eigenvalue weighted by Crippen LogP contribution is -2.02. The second kappa shape index (κ2) is 16.9. The maximum absolute atomic E-state index is 8.77. The molecular weight excluding hydrogens is 263 g/mol. The lowest BCUT2D eigenvalue weighted by atomic mass is 10.2. The van der Waals surface area contributed by atoms with Crippen LogP contribution in [0.3, 0.4) is 0 Å². The molecule has 0 aromatic heterocycles. The molecule has 0 saturated carbocycles. The van der Waals surface area contributed by atoms with Gasteiger partial charge in [-0.2, -0.15) is 0 Å². The van der Waals surface area contributed by atoms with E-state index in [-0.39, 0.29) is 0 Å². The number of rotatable bonds is 4. The molecule has 0 amide bonds. The van der Waals surface area contributed by atoms with Crippen molar-refractivity contribution in [2.75, 3.05) is 0 Å². The number of aliphatic hydroxyl groups excluding tert-OH is 1. The number of hydrogen-bond donors (Lipinski definition) is 4. The molecular formula is C8H16Cl2O6. The summed E-state index contributed by atoms with van der Waals surface area (Å²) < 4.78 is 0. The Hall–Kier alpha value is -0.560. The van der Waals surface area contributed by atoms with E-state index in [2.05, 4.69) is 30.1 Å². The Bertz CT molecular complexity index is 154. The van der Waals surface area contributed by atoms with Crippen LogP contribution in [-0.2, 0) is 0 Å². The van der Waals surface area contributed by atoms with Gasteiger partial charge in [0.1, 0.15) is 0 Å². The summed E-state index contributed by atoms with van der Waals surface area (Å²) in [5.41, 5.74) is -2.72. The monoisotopic (exact) mass is 278 g/mol. The van der Waals surface area contributed by atoms with Gasteiger partial charge in [0.05, 0.1) is 0 Å². The number of aliphatic hydroxyl groups is 2. The van der Waals surface area contributed by atoms with E-state index >= 15 is 0 Å². The molecule has 16 heavy (non-hydrogen) atoms. The molecule has 0 atom stereocenters. The van der Waals surface area contributed by atoms with Crippen molar-refractivity contribution in [2.45, 2.75) is 38.9 Å². The summed E-state index contributed by atoms with van der Waals surface area (Å²) in [5, 5.41) is 31.0. The fourth-order valence-corrected chi connectivity index (χ4v) is 0.577. The maximum atomic E-state index is 8.77. The molecule has 0 aromatic rings. The molecule has 0 aliphatic rings. The van der Waals surface area contributed by atoms with Crippen molar-refractivity contribution in [2.24, 2.45) is 0 Å². The molecule has 0 heterocycles. The molecule has 0 bridgehead atoms. The van der Waals surface area contributed by atoms with Crippen LogP contribution in [0.15, 0.2) is 0 Å². The van der Waals surface area contributed by atoms with Crippen LogP contribution >= 0.6 is 23.2 Å². The zero-order chi connectivity index (χ0) is 13.6. The van der Waals surface area contributed by atoms with Crippen LogP contribution in [0.1, 0.15) is 32.6 Å². The van der Waals surface area contributed by atoms with Gasteiger partial charge in [-0.3, -0.25) is 0 Å². The Labute approximate surface area is 103 Å². The first kappa shape index (κ1) is 20.8. The van der Waals surface area contributed by atoms with Gasteiger partial charge in [-0.15, -0.1) is 0 Å². The summed E-state index contributed by atoms with van der Waals surface area (Å²) in [6.45, 7) is 2.09. The molecule has 6 nitrogen and oxygen atoms in total. The van der Waals surface area contributed by atoms with E-state index in [0.29, 0.717) is 6.42 Å². The Morgan fingerprint density at radius 1 is 1.06 bits per heavy atom. The Kier molecular flexibility index (Phi) is 21.9. The van der Waals surface area contributed by atoms with E-state index in [1.807, 2.05) is 0 Å². The van der Waals surface area contributed by atoms with Gasteiger partial charge < -0.3 is 20.4 Å². The first-order valence-corrected chi connectivity index (χ1v) is 5.12. The number of unbranched alkanes of at least 4 members (excludes halogenated alkanes) is 2. The zero-order valence-electron chi connectivity index (χ0n) is 8.77.